The monoisotopic (exact) mass is 254 g/mol. The van der Waals surface area contributed by atoms with Gasteiger partial charge in [-0.15, -0.1) is 0 Å². The predicted molar refractivity (Wildman–Crippen MR) is 71.4 cm³/mol. The average Bonchev–Trinajstić information content (AvgIpc) is 2.27. The van der Waals surface area contributed by atoms with Crippen LogP contribution in [0.2, 0.25) is 0 Å². The second-order valence-corrected chi connectivity index (χ2v) is 6.84. The molecule has 0 aromatic rings. The molecule has 4 nitrogen and oxygen atoms in total. The third-order valence-electron chi connectivity index (χ3n) is 4.54. The first kappa shape index (κ1) is 13.7. The Bertz CT molecular complexity index is 301. The van der Waals surface area contributed by atoms with Gasteiger partial charge >= 0.3 is 6.03 Å². The zero-order chi connectivity index (χ0) is 13.2. The highest BCUT2D eigenvalue weighted by Crippen LogP contribution is 2.35. The molecule has 2 aliphatic carbocycles. The van der Waals surface area contributed by atoms with E-state index in [4.69, 9.17) is 0 Å². The number of carbonyl (C=O) groups is 1. The molecule has 2 rings (SSSR count). The summed E-state index contributed by atoms with van der Waals surface area (Å²) in [7, 11) is 0. The van der Waals surface area contributed by atoms with Crippen LogP contribution >= 0.6 is 0 Å². The molecule has 2 fully saturated rings. The molecule has 0 unspecified atom stereocenters. The molecule has 3 N–H and O–H groups in total. The molecule has 0 aromatic heterocycles. The molecular weight excluding hydrogens is 228 g/mol. The molecule has 0 bridgehead atoms. The van der Waals surface area contributed by atoms with Gasteiger partial charge in [0, 0.05) is 12.6 Å². The second kappa shape index (κ2) is 5.08. The molecule has 0 spiro atoms. The Morgan fingerprint density at radius 1 is 1.22 bits per heavy atom. The van der Waals surface area contributed by atoms with Gasteiger partial charge in [0.05, 0.1) is 5.60 Å². The van der Waals surface area contributed by atoms with Crippen LogP contribution in [0.15, 0.2) is 0 Å². The minimum atomic E-state index is -0.633. The van der Waals surface area contributed by atoms with Crippen molar-refractivity contribution in [2.24, 2.45) is 5.41 Å². The van der Waals surface area contributed by atoms with Crippen molar-refractivity contribution < 1.29 is 9.90 Å². The van der Waals surface area contributed by atoms with Gasteiger partial charge in [-0.3, -0.25) is 0 Å². The SMILES string of the molecule is CC1(C)CCC(NC(=O)NCC2(O)CCC2)CC1. The van der Waals surface area contributed by atoms with Crippen LogP contribution in [0, 0.1) is 5.41 Å². The van der Waals surface area contributed by atoms with Gasteiger partial charge in [0.2, 0.25) is 0 Å². The van der Waals surface area contributed by atoms with Crippen LogP contribution in [-0.2, 0) is 0 Å². The Morgan fingerprint density at radius 3 is 2.33 bits per heavy atom. The zero-order valence-corrected chi connectivity index (χ0v) is 11.6. The van der Waals surface area contributed by atoms with Gasteiger partial charge in [-0.05, 0) is 50.4 Å². The fourth-order valence-corrected chi connectivity index (χ4v) is 2.79. The Morgan fingerprint density at radius 2 is 1.83 bits per heavy atom. The van der Waals surface area contributed by atoms with E-state index in [1.54, 1.807) is 0 Å². The summed E-state index contributed by atoms with van der Waals surface area (Å²) in [6.45, 7) is 4.96. The lowest BCUT2D eigenvalue weighted by molar-refractivity contribution is -0.0290. The van der Waals surface area contributed by atoms with E-state index in [1.165, 1.54) is 12.8 Å². The van der Waals surface area contributed by atoms with Crippen LogP contribution < -0.4 is 10.6 Å². The van der Waals surface area contributed by atoms with Crippen molar-refractivity contribution in [3.05, 3.63) is 0 Å². The quantitative estimate of drug-likeness (QED) is 0.723. The Balaban J connectivity index is 1.65. The number of rotatable bonds is 3. The van der Waals surface area contributed by atoms with Crippen molar-refractivity contribution in [2.75, 3.05) is 6.54 Å². The Kier molecular flexibility index (Phi) is 3.85. The summed E-state index contributed by atoms with van der Waals surface area (Å²) in [5, 5.41) is 15.7. The molecule has 104 valence electrons. The molecule has 2 saturated carbocycles. The Labute approximate surface area is 110 Å². The fraction of sp³-hybridized carbons (Fsp3) is 0.929. The first-order valence-corrected chi connectivity index (χ1v) is 7.15. The van der Waals surface area contributed by atoms with E-state index in [9.17, 15) is 9.90 Å². The highest BCUT2D eigenvalue weighted by Gasteiger charge is 2.34. The number of hydrogen-bond acceptors (Lipinski definition) is 2. The van der Waals surface area contributed by atoms with Crippen LogP contribution in [0.25, 0.3) is 0 Å². The summed E-state index contributed by atoms with van der Waals surface area (Å²) < 4.78 is 0. The molecule has 0 saturated heterocycles. The van der Waals surface area contributed by atoms with E-state index in [0.29, 0.717) is 18.0 Å². The number of carbonyl (C=O) groups excluding carboxylic acids is 1. The van der Waals surface area contributed by atoms with Crippen molar-refractivity contribution in [2.45, 2.75) is 70.4 Å². The molecule has 0 aromatic carbocycles. The van der Waals surface area contributed by atoms with Crippen molar-refractivity contribution in [3.8, 4) is 0 Å². The third-order valence-corrected chi connectivity index (χ3v) is 4.54. The van der Waals surface area contributed by atoms with E-state index in [0.717, 1.165) is 32.1 Å². The minimum Gasteiger partial charge on any atom is -0.388 e. The van der Waals surface area contributed by atoms with E-state index in [1.807, 2.05) is 0 Å². The Hall–Kier alpha value is -0.770. The van der Waals surface area contributed by atoms with E-state index >= 15 is 0 Å². The lowest BCUT2D eigenvalue weighted by Gasteiger charge is -2.37. The molecule has 0 heterocycles. The number of nitrogens with one attached hydrogen (secondary N) is 2. The zero-order valence-electron chi connectivity index (χ0n) is 11.6. The van der Waals surface area contributed by atoms with Gasteiger partial charge in [0.25, 0.3) is 0 Å². The lowest BCUT2D eigenvalue weighted by atomic mass is 9.75. The maximum atomic E-state index is 11.7. The van der Waals surface area contributed by atoms with Gasteiger partial charge in [0.1, 0.15) is 0 Å². The molecule has 0 radical (unpaired) electrons. The topological polar surface area (TPSA) is 61.4 Å². The molecule has 2 amide bonds. The van der Waals surface area contributed by atoms with Crippen molar-refractivity contribution in [3.63, 3.8) is 0 Å². The summed E-state index contributed by atoms with van der Waals surface area (Å²) >= 11 is 0. The lowest BCUT2D eigenvalue weighted by Crippen LogP contribution is -2.52. The van der Waals surface area contributed by atoms with Gasteiger partial charge in [-0.25, -0.2) is 4.79 Å². The standard InChI is InChI=1S/C14H26N2O2/c1-13(2)8-4-11(5-9-13)16-12(17)15-10-14(18)6-3-7-14/h11,18H,3-10H2,1-2H3,(H2,15,16,17). The van der Waals surface area contributed by atoms with Crippen LogP contribution in [0.5, 0.6) is 0 Å². The average molecular weight is 254 g/mol. The van der Waals surface area contributed by atoms with Gasteiger partial charge in [-0.2, -0.15) is 0 Å². The molecular formula is C14H26N2O2. The normalized spacial score (nSPS) is 26.2. The van der Waals surface area contributed by atoms with Crippen molar-refractivity contribution in [1.29, 1.82) is 0 Å². The summed E-state index contributed by atoms with van der Waals surface area (Å²) in [5.74, 6) is 0. The van der Waals surface area contributed by atoms with E-state index in [2.05, 4.69) is 24.5 Å². The summed E-state index contributed by atoms with van der Waals surface area (Å²) in [4.78, 5) is 11.7. The third kappa shape index (κ3) is 3.61. The number of amides is 2. The van der Waals surface area contributed by atoms with Gasteiger partial charge < -0.3 is 15.7 Å². The van der Waals surface area contributed by atoms with Crippen LogP contribution in [0.4, 0.5) is 4.79 Å². The molecule has 2 aliphatic rings. The highest BCUT2D eigenvalue weighted by molar-refractivity contribution is 5.74. The van der Waals surface area contributed by atoms with Crippen molar-refractivity contribution >= 4 is 6.03 Å². The number of aliphatic hydroxyl groups is 1. The predicted octanol–water partition coefficient (Wildman–Crippen LogP) is 2.17. The minimum absolute atomic E-state index is 0.125. The second-order valence-electron chi connectivity index (χ2n) is 6.84. The summed E-state index contributed by atoms with van der Waals surface area (Å²) in [6, 6.07) is 0.175. The van der Waals surface area contributed by atoms with Crippen molar-refractivity contribution in [1.82, 2.24) is 10.6 Å². The fourth-order valence-electron chi connectivity index (χ4n) is 2.79. The molecule has 4 heteroatoms. The smallest absolute Gasteiger partial charge is 0.315 e. The van der Waals surface area contributed by atoms with Gasteiger partial charge in [-0.1, -0.05) is 13.8 Å². The van der Waals surface area contributed by atoms with E-state index < -0.39 is 5.60 Å². The molecule has 0 aliphatic heterocycles. The highest BCUT2D eigenvalue weighted by atomic mass is 16.3. The van der Waals surface area contributed by atoms with Gasteiger partial charge in [0.15, 0.2) is 0 Å². The largest absolute Gasteiger partial charge is 0.388 e. The summed E-state index contributed by atoms with van der Waals surface area (Å²) in [5.41, 5.74) is -0.207. The molecule has 18 heavy (non-hydrogen) atoms. The van der Waals surface area contributed by atoms with Crippen LogP contribution in [0.1, 0.15) is 58.8 Å². The molecule has 0 atom stereocenters. The maximum Gasteiger partial charge on any atom is 0.315 e. The summed E-state index contributed by atoms with van der Waals surface area (Å²) in [6.07, 6.45) is 7.15. The van der Waals surface area contributed by atoms with Crippen LogP contribution in [0.3, 0.4) is 0 Å². The number of hydrogen-bond donors (Lipinski definition) is 3. The van der Waals surface area contributed by atoms with Crippen LogP contribution in [-0.4, -0.2) is 29.3 Å². The van der Waals surface area contributed by atoms with E-state index in [-0.39, 0.29) is 6.03 Å². The maximum absolute atomic E-state index is 11.7. The first-order valence-electron chi connectivity index (χ1n) is 7.15. The number of urea groups is 1. The first-order chi connectivity index (χ1) is 8.39.